The fourth-order valence-corrected chi connectivity index (χ4v) is 5.88. The normalized spacial score (nSPS) is 21.7. The van der Waals surface area contributed by atoms with E-state index in [4.69, 9.17) is 11.6 Å². The maximum atomic E-state index is 14.0. The highest BCUT2D eigenvalue weighted by Crippen LogP contribution is 2.42. The molecule has 0 unspecified atom stereocenters. The van der Waals surface area contributed by atoms with Crippen molar-refractivity contribution < 1.29 is 35.2 Å². The molecule has 0 radical (unpaired) electrons. The second-order valence-electron chi connectivity index (χ2n) is 9.13. The van der Waals surface area contributed by atoms with E-state index in [1.165, 1.54) is 18.4 Å². The Balaban J connectivity index is 1.75. The number of hydrogen-bond donors (Lipinski definition) is 1. The molecule has 7 nitrogen and oxygen atoms in total. The van der Waals surface area contributed by atoms with Gasteiger partial charge < -0.3 is 5.32 Å². The van der Waals surface area contributed by atoms with E-state index in [0.29, 0.717) is 6.07 Å². The van der Waals surface area contributed by atoms with Gasteiger partial charge in [0, 0.05) is 65.2 Å². The molecular weight excluding hydrogens is 519 g/mol. The lowest BCUT2D eigenvalue weighted by molar-refractivity contribution is -0.137. The van der Waals surface area contributed by atoms with Gasteiger partial charge in [0.25, 0.3) is 16.1 Å². The van der Waals surface area contributed by atoms with Gasteiger partial charge >= 0.3 is 6.18 Å². The molecule has 35 heavy (non-hydrogen) atoms. The first-order valence-electron chi connectivity index (χ1n) is 11.0. The third kappa shape index (κ3) is 6.24. The molecule has 0 bridgehead atoms. The zero-order chi connectivity index (χ0) is 26.2. The summed E-state index contributed by atoms with van der Waals surface area (Å²) in [6, 6.07) is 2.40. The van der Waals surface area contributed by atoms with Crippen molar-refractivity contribution >= 4 is 27.7 Å². The summed E-state index contributed by atoms with van der Waals surface area (Å²) in [6.07, 6.45) is -5.25. The molecule has 1 aliphatic heterocycles. The summed E-state index contributed by atoms with van der Waals surface area (Å²) in [7, 11) is -0.768. The van der Waals surface area contributed by atoms with E-state index in [-0.39, 0.29) is 69.0 Å². The van der Waals surface area contributed by atoms with Crippen LogP contribution in [0.15, 0.2) is 18.2 Å². The Hall–Kier alpha value is -1.54. The summed E-state index contributed by atoms with van der Waals surface area (Å²) in [5.74, 6) is -3.55. The van der Waals surface area contributed by atoms with E-state index in [0.717, 1.165) is 16.4 Å². The van der Waals surface area contributed by atoms with Gasteiger partial charge in [-0.15, -0.1) is 0 Å². The molecule has 2 aliphatic rings. The van der Waals surface area contributed by atoms with Crippen molar-refractivity contribution in [2.75, 3.05) is 46.8 Å². The van der Waals surface area contributed by atoms with Gasteiger partial charge in [0.2, 0.25) is 5.92 Å². The van der Waals surface area contributed by atoms with Crippen molar-refractivity contribution in [3.8, 4) is 0 Å². The van der Waals surface area contributed by atoms with Crippen LogP contribution in [0.25, 0.3) is 0 Å². The molecule has 1 aromatic rings. The van der Waals surface area contributed by atoms with Crippen molar-refractivity contribution in [2.45, 2.75) is 43.3 Å². The zero-order valence-electron chi connectivity index (χ0n) is 19.3. The number of alkyl halides is 5. The lowest BCUT2D eigenvalue weighted by atomic mass is 9.78. The number of carbonyl (C=O) groups is 1. The summed E-state index contributed by atoms with van der Waals surface area (Å²) < 4.78 is 93.8. The minimum absolute atomic E-state index is 0.0281. The molecule has 2 fully saturated rings. The molecule has 14 heteroatoms. The molecular formula is C21H28ClF5N4O3S. The van der Waals surface area contributed by atoms with Gasteiger partial charge in [0.1, 0.15) is 0 Å². The Kier molecular flexibility index (Phi) is 8.07. The maximum absolute atomic E-state index is 14.0. The van der Waals surface area contributed by atoms with Crippen LogP contribution in [0.3, 0.4) is 0 Å². The zero-order valence-corrected chi connectivity index (χ0v) is 20.9. The average Bonchev–Trinajstić information content (AvgIpc) is 2.78. The van der Waals surface area contributed by atoms with Crippen LogP contribution in [-0.2, 0) is 16.4 Å². The SMILES string of the molecule is CN(C)S(=O)(=O)N1CCN(C2(CNC(=O)c3ccc(C(F)(F)F)cc3Cl)CCC(F)(F)CC2)CC1. The van der Waals surface area contributed by atoms with Crippen LogP contribution in [0.5, 0.6) is 0 Å². The fraction of sp³-hybridized carbons (Fsp3) is 0.667. The summed E-state index contributed by atoms with van der Waals surface area (Å²) in [5.41, 5.74) is -1.99. The highest BCUT2D eigenvalue weighted by Gasteiger charge is 2.48. The topological polar surface area (TPSA) is 73.0 Å². The molecule has 0 aromatic heterocycles. The van der Waals surface area contributed by atoms with Crippen molar-refractivity contribution in [3.05, 3.63) is 34.3 Å². The molecule has 1 saturated heterocycles. The van der Waals surface area contributed by atoms with Gasteiger partial charge in [-0.1, -0.05) is 11.6 Å². The highest BCUT2D eigenvalue weighted by molar-refractivity contribution is 7.86. The Labute approximate surface area is 206 Å². The van der Waals surface area contributed by atoms with Crippen molar-refractivity contribution in [1.82, 2.24) is 18.8 Å². The summed E-state index contributed by atoms with van der Waals surface area (Å²) in [4.78, 5) is 14.7. The molecule has 3 rings (SSSR count). The molecule has 1 aliphatic carbocycles. The Morgan fingerprint density at radius 1 is 1.09 bits per heavy atom. The third-order valence-corrected chi connectivity index (χ3v) is 8.98. The number of rotatable bonds is 6. The van der Waals surface area contributed by atoms with Crippen LogP contribution in [0, 0.1) is 0 Å². The Morgan fingerprint density at radius 2 is 1.66 bits per heavy atom. The van der Waals surface area contributed by atoms with E-state index in [1.54, 1.807) is 0 Å². The van der Waals surface area contributed by atoms with E-state index in [1.807, 2.05) is 4.90 Å². The third-order valence-electron chi connectivity index (χ3n) is 6.73. The van der Waals surface area contributed by atoms with Crippen LogP contribution < -0.4 is 5.32 Å². The maximum Gasteiger partial charge on any atom is 0.416 e. The molecule has 0 spiro atoms. The molecule has 0 atom stereocenters. The molecule has 198 valence electrons. The summed E-state index contributed by atoms with van der Waals surface area (Å²) in [5, 5.41) is 2.29. The Bertz CT molecular complexity index is 1030. The van der Waals surface area contributed by atoms with Crippen molar-refractivity contribution in [2.24, 2.45) is 0 Å². The molecule has 1 saturated carbocycles. The predicted molar refractivity (Wildman–Crippen MR) is 121 cm³/mol. The lowest BCUT2D eigenvalue weighted by Gasteiger charge is -2.50. The first kappa shape index (κ1) is 28.0. The number of amides is 1. The second kappa shape index (κ2) is 10.1. The van der Waals surface area contributed by atoms with E-state index in [9.17, 15) is 35.2 Å². The van der Waals surface area contributed by atoms with Crippen molar-refractivity contribution in [3.63, 3.8) is 0 Å². The minimum atomic E-state index is -4.61. The van der Waals surface area contributed by atoms with E-state index in [2.05, 4.69) is 5.32 Å². The fourth-order valence-electron chi connectivity index (χ4n) is 4.53. The van der Waals surface area contributed by atoms with Gasteiger partial charge in [-0.3, -0.25) is 9.69 Å². The van der Waals surface area contributed by atoms with Gasteiger partial charge in [-0.05, 0) is 31.0 Å². The van der Waals surface area contributed by atoms with Gasteiger partial charge in [0.15, 0.2) is 0 Å². The van der Waals surface area contributed by atoms with Gasteiger partial charge in [0.05, 0.1) is 16.1 Å². The lowest BCUT2D eigenvalue weighted by Crippen LogP contribution is -2.64. The number of nitrogens with one attached hydrogen (secondary N) is 1. The first-order valence-corrected chi connectivity index (χ1v) is 12.8. The smallest absolute Gasteiger partial charge is 0.350 e. The predicted octanol–water partition coefficient (Wildman–Crippen LogP) is 3.46. The molecule has 1 aromatic carbocycles. The van der Waals surface area contributed by atoms with Gasteiger partial charge in [-0.25, -0.2) is 8.78 Å². The van der Waals surface area contributed by atoms with Crippen LogP contribution in [-0.4, -0.2) is 86.1 Å². The number of piperazine rings is 1. The minimum Gasteiger partial charge on any atom is -0.350 e. The number of hydrogen-bond acceptors (Lipinski definition) is 4. The standard InChI is InChI=1S/C21H28ClF5N4O3S/c1-29(2)35(33,34)31-11-9-30(10-12-31)19(5-7-20(23,24)8-6-19)14-28-18(32)16-4-3-15(13-17(16)22)21(25,26)27/h3-4,13H,5-12,14H2,1-2H3,(H,28,32). The van der Waals surface area contributed by atoms with Crippen LogP contribution >= 0.6 is 11.6 Å². The van der Waals surface area contributed by atoms with Crippen LogP contribution in [0.1, 0.15) is 41.6 Å². The molecule has 1 N–H and O–H groups in total. The largest absolute Gasteiger partial charge is 0.416 e. The van der Waals surface area contributed by atoms with E-state index >= 15 is 0 Å². The van der Waals surface area contributed by atoms with Crippen LogP contribution in [0.2, 0.25) is 5.02 Å². The number of halogens is 6. The number of carbonyl (C=O) groups excluding carboxylic acids is 1. The van der Waals surface area contributed by atoms with Crippen molar-refractivity contribution in [1.29, 1.82) is 0 Å². The number of benzene rings is 1. The van der Waals surface area contributed by atoms with Crippen LogP contribution in [0.4, 0.5) is 22.0 Å². The highest BCUT2D eigenvalue weighted by atomic mass is 35.5. The molecule has 1 heterocycles. The first-order chi connectivity index (χ1) is 16.1. The number of nitrogens with zero attached hydrogens (tertiary/aromatic N) is 3. The quantitative estimate of drug-likeness (QED) is 0.555. The van der Waals surface area contributed by atoms with E-state index < -0.39 is 39.3 Å². The summed E-state index contributed by atoms with van der Waals surface area (Å²) >= 11 is 5.92. The average molecular weight is 547 g/mol. The second-order valence-corrected chi connectivity index (χ2v) is 11.7. The summed E-state index contributed by atoms with van der Waals surface area (Å²) in [6.45, 7) is 0.874. The monoisotopic (exact) mass is 546 g/mol. The van der Waals surface area contributed by atoms with Gasteiger partial charge in [-0.2, -0.15) is 30.2 Å². The molecule has 1 amide bonds. The Morgan fingerprint density at radius 3 is 2.14 bits per heavy atom.